The third-order valence-corrected chi connectivity index (χ3v) is 5.00. The number of hydrogen-bond acceptors (Lipinski definition) is 9. The number of thioether (sulfide) groups is 1. The second-order valence-corrected chi connectivity index (χ2v) is 6.88. The van der Waals surface area contributed by atoms with Crippen LogP contribution in [0.3, 0.4) is 0 Å². The fraction of sp³-hybridized carbons (Fsp3) is 0.133. The number of amides is 1. The van der Waals surface area contributed by atoms with Crippen LogP contribution < -0.4 is 10.9 Å². The normalized spacial score (nSPS) is 10.6. The summed E-state index contributed by atoms with van der Waals surface area (Å²) in [6.45, 7) is 0. The number of nitrogens with one attached hydrogen (secondary N) is 1. The molecule has 0 bridgehead atoms. The van der Waals surface area contributed by atoms with Crippen molar-refractivity contribution < 1.29 is 18.7 Å². The predicted octanol–water partition coefficient (Wildman–Crippen LogP) is 2.16. The number of aromatic nitrogens is 2. The number of para-hydroxylation sites is 1. The Morgan fingerprint density at radius 3 is 2.92 bits per heavy atom. The Morgan fingerprint density at radius 1 is 1.32 bits per heavy atom. The molecule has 3 aromatic rings. The first-order chi connectivity index (χ1) is 12.1. The van der Waals surface area contributed by atoms with Crippen molar-refractivity contribution in [2.24, 2.45) is 0 Å². The van der Waals surface area contributed by atoms with Crippen LogP contribution in [0.5, 0.6) is 0 Å². The van der Waals surface area contributed by atoms with Gasteiger partial charge in [-0.25, -0.2) is 4.79 Å². The zero-order chi connectivity index (χ0) is 17.8. The van der Waals surface area contributed by atoms with Gasteiger partial charge >= 0.3 is 11.6 Å². The number of hydrogen-bond donors (Lipinski definition) is 1. The van der Waals surface area contributed by atoms with Crippen LogP contribution in [0.2, 0.25) is 0 Å². The standard InChI is InChI=1S/C15H11N3O5S2/c1-22-11(19)7-24-15-18-17-14(25-15)16-12(20)9-6-8-4-2-3-5-10(8)23-13(9)21/h2-6H,7H2,1H3,(H,16,17,20). The van der Waals surface area contributed by atoms with Gasteiger partial charge in [0.15, 0.2) is 4.34 Å². The Morgan fingerprint density at radius 2 is 2.12 bits per heavy atom. The van der Waals surface area contributed by atoms with Crippen LogP contribution in [-0.2, 0) is 9.53 Å². The molecule has 0 saturated carbocycles. The van der Waals surface area contributed by atoms with E-state index in [9.17, 15) is 14.4 Å². The average molecular weight is 377 g/mol. The molecule has 0 atom stereocenters. The lowest BCUT2D eigenvalue weighted by Gasteiger charge is -2.01. The predicted molar refractivity (Wildman–Crippen MR) is 93.1 cm³/mol. The van der Waals surface area contributed by atoms with Gasteiger partial charge in [-0.15, -0.1) is 10.2 Å². The second kappa shape index (κ2) is 7.45. The molecule has 0 aliphatic rings. The van der Waals surface area contributed by atoms with Crippen LogP contribution in [0.1, 0.15) is 10.4 Å². The summed E-state index contributed by atoms with van der Waals surface area (Å²) in [5.41, 5.74) is -0.458. The zero-order valence-electron chi connectivity index (χ0n) is 12.8. The Balaban J connectivity index is 1.74. The molecular formula is C15H11N3O5S2. The number of anilines is 1. The number of carbonyl (C=O) groups excluding carboxylic acids is 2. The van der Waals surface area contributed by atoms with Gasteiger partial charge in [0.25, 0.3) is 5.91 Å². The molecule has 10 heteroatoms. The number of ether oxygens (including phenoxy) is 1. The molecule has 3 rings (SSSR count). The molecule has 2 heterocycles. The lowest BCUT2D eigenvalue weighted by Crippen LogP contribution is -2.20. The van der Waals surface area contributed by atoms with Crippen LogP contribution >= 0.6 is 23.1 Å². The highest BCUT2D eigenvalue weighted by atomic mass is 32.2. The molecule has 2 aromatic heterocycles. The third kappa shape index (κ3) is 4.03. The minimum Gasteiger partial charge on any atom is -0.468 e. The van der Waals surface area contributed by atoms with Gasteiger partial charge in [0, 0.05) is 5.39 Å². The first-order valence-electron chi connectivity index (χ1n) is 6.94. The molecule has 1 amide bonds. The molecule has 0 aliphatic heterocycles. The number of nitrogens with zero attached hydrogens (tertiary/aromatic N) is 2. The smallest absolute Gasteiger partial charge is 0.349 e. The maximum absolute atomic E-state index is 12.3. The molecule has 0 spiro atoms. The van der Waals surface area contributed by atoms with Gasteiger partial charge in [-0.3, -0.25) is 14.9 Å². The van der Waals surface area contributed by atoms with Gasteiger partial charge in [0.2, 0.25) is 5.13 Å². The Labute approximate surface area is 149 Å². The van der Waals surface area contributed by atoms with E-state index >= 15 is 0 Å². The maximum Gasteiger partial charge on any atom is 0.349 e. The van der Waals surface area contributed by atoms with E-state index in [4.69, 9.17) is 4.42 Å². The van der Waals surface area contributed by atoms with Crippen molar-refractivity contribution >= 4 is 51.1 Å². The minimum atomic E-state index is -0.735. The van der Waals surface area contributed by atoms with E-state index in [1.165, 1.54) is 13.2 Å². The van der Waals surface area contributed by atoms with Crippen LogP contribution in [0.4, 0.5) is 5.13 Å². The van der Waals surface area contributed by atoms with Crippen molar-refractivity contribution in [1.82, 2.24) is 10.2 Å². The zero-order valence-corrected chi connectivity index (χ0v) is 14.5. The van der Waals surface area contributed by atoms with E-state index in [-0.39, 0.29) is 22.4 Å². The van der Waals surface area contributed by atoms with Gasteiger partial charge < -0.3 is 9.15 Å². The van der Waals surface area contributed by atoms with Gasteiger partial charge in [0.1, 0.15) is 11.1 Å². The first-order valence-corrected chi connectivity index (χ1v) is 8.74. The number of benzene rings is 1. The molecule has 0 radical (unpaired) electrons. The lowest BCUT2D eigenvalue weighted by atomic mass is 10.2. The molecule has 128 valence electrons. The molecule has 1 N–H and O–H groups in total. The minimum absolute atomic E-state index is 0.0906. The number of esters is 1. The Kier molecular flexibility index (Phi) is 5.10. The summed E-state index contributed by atoms with van der Waals surface area (Å²) < 4.78 is 10.2. The van der Waals surface area contributed by atoms with E-state index < -0.39 is 11.5 Å². The molecule has 0 unspecified atom stereocenters. The highest BCUT2D eigenvalue weighted by Crippen LogP contribution is 2.25. The van der Waals surface area contributed by atoms with E-state index in [1.54, 1.807) is 24.3 Å². The monoisotopic (exact) mass is 377 g/mol. The van der Waals surface area contributed by atoms with E-state index in [0.29, 0.717) is 15.3 Å². The fourth-order valence-corrected chi connectivity index (χ4v) is 3.46. The van der Waals surface area contributed by atoms with Crippen molar-refractivity contribution in [3.05, 3.63) is 46.3 Å². The SMILES string of the molecule is COC(=O)CSc1nnc(NC(=O)c2cc3ccccc3oc2=O)s1. The summed E-state index contributed by atoms with van der Waals surface area (Å²) in [4.78, 5) is 35.3. The van der Waals surface area contributed by atoms with Crippen molar-refractivity contribution in [2.45, 2.75) is 4.34 Å². The van der Waals surface area contributed by atoms with Gasteiger partial charge in [-0.1, -0.05) is 41.3 Å². The van der Waals surface area contributed by atoms with Crippen molar-refractivity contribution in [3.63, 3.8) is 0 Å². The number of fused-ring (bicyclic) bond motifs is 1. The number of methoxy groups -OCH3 is 1. The van der Waals surface area contributed by atoms with Gasteiger partial charge in [-0.2, -0.15) is 0 Å². The first kappa shape index (κ1) is 17.1. The highest BCUT2D eigenvalue weighted by Gasteiger charge is 2.16. The van der Waals surface area contributed by atoms with E-state index in [1.807, 2.05) is 0 Å². The van der Waals surface area contributed by atoms with Crippen molar-refractivity contribution in [3.8, 4) is 0 Å². The molecule has 0 aliphatic carbocycles. The fourth-order valence-electron chi connectivity index (χ4n) is 1.88. The summed E-state index contributed by atoms with van der Waals surface area (Å²) in [5, 5.41) is 11.0. The molecular weight excluding hydrogens is 366 g/mol. The third-order valence-electron chi connectivity index (χ3n) is 3.05. The van der Waals surface area contributed by atoms with Crippen LogP contribution in [0.15, 0.2) is 43.9 Å². The van der Waals surface area contributed by atoms with E-state index in [2.05, 4.69) is 20.3 Å². The molecule has 0 saturated heterocycles. The number of rotatable bonds is 5. The van der Waals surface area contributed by atoms with Gasteiger partial charge in [-0.05, 0) is 12.1 Å². The average Bonchev–Trinajstić information content (AvgIpc) is 3.06. The van der Waals surface area contributed by atoms with Crippen LogP contribution in [-0.4, -0.2) is 34.9 Å². The molecule has 25 heavy (non-hydrogen) atoms. The summed E-state index contributed by atoms with van der Waals surface area (Å²) in [6, 6.07) is 8.36. The highest BCUT2D eigenvalue weighted by molar-refractivity contribution is 8.01. The Bertz CT molecular complexity index is 998. The van der Waals surface area contributed by atoms with Crippen molar-refractivity contribution in [1.29, 1.82) is 0 Å². The Hall–Kier alpha value is -2.72. The van der Waals surface area contributed by atoms with Crippen LogP contribution in [0.25, 0.3) is 11.0 Å². The number of carbonyl (C=O) groups is 2. The second-order valence-electron chi connectivity index (χ2n) is 4.68. The summed E-state index contributed by atoms with van der Waals surface area (Å²) in [6.07, 6.45) is 0. The lowest BCUT2D eigenvalue weighted by molar-refractivity contribution is -0.137. The summed E-state index contributed by atoms with van der Waals surface area (Å²) in [5.74, 6) is -0.937. The van der Waals surface area contributed by atoms with E-state index in [0.717, 1.165) is 23.1 Å². The topological polar surface area (TPSA) is 111 Å². The quantitative estimate of drug-likeness (QED) is 0.312. The summed E-state index contributed by atoms with van der Waals surface area (Å²) >= 11 is 2.23. The molecule has 1 aromatic carbocycles. The summed E-state index contributed by atoms with van der Waals surface area (Å²) in [7, 11) is 1.30. The molecule has 8 nitrogen and oxygen atoms in total. The van der Waals surface area contributed by atoms with Crippen LogP contribution in [0, 0.1) is 0 Å². The molecule has 0 fully saturated rings. The van der Waals surface area contributed by atoms with Crippen molar-refractivity contribution in [2.75, 3.05) is 18.2 Å². The van der Waals surface area contributed by atoms with Gasteiger partial charge in [0.05, 0.1) is 12.9 Å². The maximum atomic E-state index is 12.3. The largest absolute Gasteiger partial charge is 0.468 e.